The fourth-order valence-corrected chi connectivity index (χ4v) is 1.99. The first-order chi connectivity index (χ1) is 7.31. The lowest BCUT2D eigenvalue weighted by molar-refractivity contribution is 0.0983. The van der Waals surface area contributed by atoms with Crippen LogP contribution in [0, 0.1) is 0 Å². The predicted octanol–water partition coefficient (Wildman–Crippen LogP) is 3.40. The van der Waals surface area contributed by atoms with Crippen LogP contribution in [-0.4, -0.2) is 10.8 Å². The Morgan fingerprint density at radius 2 is 2.27 bits per heavy atom. The highest BCUT2D eigenvalue weighted by molar-refractivity contribution is 7.08. The third-order valence-corrected chi connectivity index (χ3v) is 2.86. The molecule has 0 saturated carbocycles. The Bertz CT molecular complexity index is 462. The van der Waals surface area contributed by atoms with Crippen LogP contribution in [0.4, 0.5) is 0 Å². The Labute approximate surface area is 92.6 Å². The van der Waals surface area contributed by atoms with Crippen LogP contribution in [-0.2, 0) is 0 Å². The Hall–Kier alpha value is -1.48. The Kier molecular flexibility index (Phi) is 2.92. The molecule has 2 rings (SSSR count). The van der Waals surface area contributed by atoms with Gasteiger partial charge >= 0.3 is 0 Å². The zero-order valence-electron chi connectivity index (χ0n) is 8.43. The number of aromatic nitrogens is 1. The fourth-order valence-electron chi connectivity index (χ4n) is 1.34. The van der Waals surface area contributed by atoms with Gasteiger partial charge in [0, 0.05) is 17.4 Å². The molecule has 2 aromatic rings. The van der Waals surface area contributed by atoms with E-state index in [4.69, 9.17) is 0 Å². The third-order valence-electron chi connectivity index (χ3n) is 2.17. The van der Waals surface area contributed by atoms with Gasteiger partial charge in [0.25, 0.3) is 0 Å². The number of ketones is 1. The van der Waals surface area contributed by atoms with Gasteiger partial charge in [-0.3, -0.25) is 4.79 Å². The maximum Gasteiger partial charge on any atom is 0.180 e. The van der Waals surface area contributed by atoms with E-state index in [2.05, 4.69) is 4.98 Å². The van der Waals surface area contributed by atoms with E-state index in [0.29, 0.717) is 12.1 Å². The summed E-state index contributed by atoms with van der Waals surface area (Å²) >= 11 is 1.63. The normalized spacial score (nSPS) is 10.2. The number of hydrogen-bond donors (Lipinski definition) is 0. The van der Waals surface area contributed by atoms with Crippen LogP contribution in [0.2, 0.25) is 0 Å². The van der Waals surface area contributed by atoms with Crippen molar-refractivity contribution in [2.75, 3.05) is 0 Å². The summed E-state index contributed by atoms with van der Waals surface area (Å²) in [6.45, 7) is 1.85. The number of Topliss-reactive ketones (excluding diaryl/α,β-unsaturated/α-hetero) is 1. The molecule has 0 aliphatic carbocycles. The van der Waals surface area contributed by atoms with Crippen molar-refractivity contribution in [3.63, 3.8) is 0 Å². The lowest BCUT2D eigenvalue weighted by Crippen LogP contribution is -2.00. The number of thiophene rings is 1. The Morgan fingerprint density at radius 1 is 1.40 bits per heavy atom. The SMILES string of the molecule is CCC(=O)c1cccc(-c2ccsc2)n1. The summed E-state index contributed by atoms with van der Waals surface area (Å²) in [6, 6.07) is 7.58. The van der Waals surface area contributed by atoms with Gasteiger partial charge in [-0.05, 0) is 23.6 Å². The fraction of sp³-hybridized carbons (Fsp3) is 0.167. The molecule has 0 atom stereocenters. The molecule has 0 unspecified atom stereocenters. The van der Waals surface area contributed by atoms with Crippen molar-refractivity contribution < 1.29 is 4.79 Å². The van der Waals surface area contributed by atoms with E-state index in [-0.39, 0.29) is 5.78 Å². The van der Waals surface area contributed by atoms with E-state index in [1.807, 2.05) is 35.9 Å². The Balaban J connectivity index is 2.39. The molecule has 0 aliphatic heterocycles. The van der Waals surface area contributed by atoms with Crippen molar-refractivity contribution in [3.05, 3.63) is 40.7 Å². The van der Waals surface area contributed by atoms with Crippen LogP contribution < -0.4 is 0 Å². The highest BCUT2D eigenvalue weighted by Gasteiger charge is 2.06. The highest BCUT2D eigenvalue weighted by Crippen LogP contribution is 2.20. The molecule has 0 radical (unpaired) electrons. The minimum Gasteiger partial charge on any atom is -0.292 e. The topological polar surface area (TPSA) is 30.0 Å². The van der Waals surface area contributed by atoms with Crippen molar-refractivity contribution in [3.8, 4) is 11.3 Å². The van der Waals surface area contributed by atoms with Gasteiger partial charge in [-0.15, -0.1) is 0 Å². The minimum atomic E-state index is 0.0899. The quantitative estimate of drug-likeness (QED) is 0.737. The first kappa shape index (κ1) is 10.1. The lowest BCUT2D eigenvalue weighted by Gasteiger charge is -2.00. The molecule has 0 aromatic carbocycles. The lowest BCUT2D eigenvalue weighted by atomic mass is 10.1. The molecule has 0 spiro atoms. The van der Waals surface area contributed by atoms with Crippen LogP contribution in [0.1, 0.15) is 23.8 Å². The van der Waals surface area contributed by atoms with Crippen LogP contribution in [0.3, 0.4) is 0 Å². The average molecular weight is 217 g/mol. The standard InChI is InChI=1S/C12H11NOS/c1-2-12(14)11-5-3-4-10(13-11)9-6-7-15-8-9/h3-8H,2H2,1H3. The predicted molar refractivity (Wildman–Crippen MR) is 62.2 cm³/mol. The average Bonchev–Trinajstić information content (AvgIpc) is 2.82. The molecule has 76 valence electrons. The van der Waals surface area contributed by atoms with E-state index < -0.39 is 0 Å². The van der Waals surface area contributed by atoms with Gasteiger partial charge in [0.2, 0.25) is 0 Å². The molecular formula is C12H11NOS. The van der Waals surface area contributed by atoms with Gasteiger partial charge < -0.3 is 0 Å². The van der Waals surface area contributed by atoms with Crippen molar-refractivity contribution in [2.24, 2.45) is 0 Å². The van der Waals surface area contributed by atoms with E-state index in [0.717, 1.165) is 11.3 Å². The third kappa shape index (κ3) is 2.13. The summed E-state index contributed by atoms with van der Waals surface area (Å²) in [7, 11) is 0. The monoisotopic (exact) mass is 217 g/mol. The van der Waals surface area contributed by atoms with E-state index in [1.54, 1.807) is 17.4 Å². The summed E-state index contributed by atoms with van der Waals surface area (Å²) in [4.78, 5) is 15.8. The van der Waals surface area contributed by atoms with Gasteiger partial charge in [0.1, 0.15) is 5.69 Å². The summed E-state index contributed by atoms with van der Waals surface area (Å²) in [6.07, 6.45) is 0.500. The number of carbonyl (C=O) groups is 1. The second-order valence-electron chi connectivity index (χ2n) is 3.20. The smallest absolute Gasteiger partial charge is 0.180 e. The molecule has 0 amide bonds. The van der Waals surface area contributed by atoms with E-state index >= 15 is 0 Å². The molecule has 15 heavy (non-hydrogen) atoms. The molecular weight excluding hydrogens is 206 g/mol. The zero-order valence-corrected chi connectivity index (χ0v) is 9.25. The van der Waals surface area contributed by atoms with Gasteiger partial charge in [0.05, 0.1) is 5.69 Å². The molecule has 2 aromatic heterocycles. The van der Waals surface area contributed by atoms with E-state index in [1.165, 1.54) is 0 Å². The van der Waals surface area contributed by atoms with Crippen LogP contribution in [0.25, 0.3) is 11.3 Å². The molecule has 3 heteroatoms. The molecule has 0 fully saturated rings. The first-order valence-corrected chi connectivity index (χ1v) is 5.78. The van der Waals surface area contributed by atoms with Crippen molar-refractivity contribution in [1.82, 2.24) is 4.98 Å². The van der Waals surface area contributed by atoms with Crippen molar-refractivity contribution >= 4 is 17.1 Å². The minimum absolute atomic E-state index is 0.0899. The molecule has 2 nitrogen and oxygen atoms in total. The van der Waals surface area contributed by atoms with Gasteiger partial charge in [-0.1, -0.05) is 13.0 Å². The number of nitrogens with zero attached hydrogens (tertiary/aromatic N) is 1. The zero-order chi connectivity index (χ0) is 10.7. The number of carbonyl (C=O) groups excluding carboxylic acids is 1. The molecule has 2 heterocycles. The van der Waals surface area contributed by atoms with Crippen LogP contribution >= 0.6 is 11.3 Å². The summed E-state index contributed by atoms with van der Waals surface area (Å²) < 4.78 is 0. The van der Waals surface area contributed by atoms with E-state index in [9.17, 15) is 4.79 Å². The molecule has 0 bridgehead atoms. The Morgan fingerprint density at radius 3 is 2.93 bits per heavy atom. The number of rotatable bonds is 3. The second kappa shape index (κ2) is 4.36. The van der Waals surface area contributed by atoms with Gasteiger partial charge in [0.15, 0.2) is 5.78 Å². The summed E-state index contributed by atoms with van der Waals surface area (Å²) in [5.41, 5.74) is 2.50. The largest absolute Gasteiger partial charge is 0.292 e. The first-order valence-electron chi connectivity index (χ1n) is 4.84. The van der Waals surface area contributed by atoms with Crippen molar-refractivity contribution in [2.45, 2.75) is 13.3 Å². The van der Waals surface area contributed by atoms with Gasteiger partial charge in [-0.2, -0.15) is 11.3 Å². The van der Waals surface area contributed by atoms with Crippen LogP contribution in [0.5, 0.6) is 0 Å². The summed E-state index contributed by atoms with van der Waals surface area (Å²) in [5.74, 6) is 0.0899. The number of hydrogen-bond acceptors (Lipinski definition) is 3. The summed E-state index contributed by atoms with van der Waals surface area (Å²) in [5, 5.41) is 4.04. The van der Waals surface area contributed by atoms with Crippen molar-refractivity contribution in [1.29, 1.82) is 0 Å². The molecule has 0 aliphatic rings. The van der Waals surface area contributed by atoms with Crippen LogP contribution in [0.15, 0.2) is 35.0 Å². The van der Waals surface area contributed by atoms with Gasteiger partial charge in [-0.25, -0.2) is 4.98 Å². The number of pyridine rings is 1. The second-order valence-corrected chi connectivity index (χ2v) is 3.98. The molecule has 0 N–H and O–H groups in total. The highest BCUT2D eigenvalue weighted by atomic mass is 32.1. The maximum absolute atomic E-state index is 11.5. The maximum atomic E-state index is 11.5. The molecule has 0 saturated heterocycles.